The zero-order valence-electron chi connectivity index (χ0n) is 7.92. The average molecular weight is 251 g/mol. The summed E-state index contributed by atoms with van der Waals surface area (Å²) in [6, 6.07) is 8.47. The molecule has 0 amide bonds. The normalized spacial score (nSPS) is 12.0. The highest BCUT2D eigenvalue weighted by atomic mass is 32.1. The van der Waals surface area contributed by atoms with E-state index in [0.29, 0.717) is 0 Å². The Balaban J connectivity index is 2.18. The lowest BCUT2D eigenvalue weighted by Gasteiger charge is -2.06. The predicted octanol–water partition coefficient (Wildman–Crippen LogP) is 4.20. The summed E-state index contributed by atoms with van der Waals surface area (Å²) in [5.74, 6) is 0. The van der Waals surface area contributed by atoms with Crippen LogP contribution < -0.4 is 0 Å². The Bertz CT molecular complexity index is 438. The van der Waals surface area contributed by atoms with Crippen LogP contribution in [-0.2, 0) is 6.42 Å². The minimum absolute atomic E-state index is 0.140. The summed E-state index contributed by atoms with van der Waals surface area (Å²) in [5, 5.41) is 6.64. The first-order valence-corrected chi connectivity index (χ1v) is 6.69. The maximum absolute atomic E-state index is 4.69. The number of thiophene rings is 2. The molecule has 15 heavy (non-hydrogen) atoms. The van der Waals surface area contributed by atoms with Gasteiger partial charge in [-0.3, -0.25) is 0 Å². The summed E-state index contributed by atoms with van der Waals surface area (Å²) in [6.45, 7) is 0. The van der Waals surface area contributed by atoms with Crippen molar-refractivity contribution in [2.45, 2.75) is 12.5 Å². The molecule has 1 nitrogen and oxygen atoms in total. The van der Waals surface area contributed by atoms with Crippen LogP contribution in [0.1, 0.15) is 15.8 Å². The van der Waals surface area contributed by atoms with E-state index < -0.39 is 0 Å². The summed E-state index contributed by atoms with van der Waals surface area (Å²) in [5.41, 5.74) is 0. The van der Waals surface area contributed by atoms with E-state index in [2.05, 4.69) is 51.3 Å². The molecule has 2 aromatic rings. The second-order valence-corrected chi connectivity index (χ2v) is 5.23. The van der Waals surface area contributed by atoms with E-state index in [1.165, 1.54) is 9.75 Å². The largest absolute Gasteiger partial charge is 0.223 e. The third kappa shape index (κ3) is 2.83. The lowest BCUT2D eigenvalue weighted by Crippen LogP contribution is -1.95. The van der Waals surface area contributed by atoms with Gasteiger partial charge < -0.3 is 0 Å². The van der Waals surface area contributed by atoms with Crippen LogP contribution in [0, 0.1) is 0 Å². The van der Waals surface area contributed by atoms with Crippen molar-refractivity contribution >= 4 is 40.1 Å². The maximum atomic E-state index is 4.69. The summed E-state index contributed by atoms with van der Waals surface area (Å²) in [7, 11) is 0. The van der Waals surface area contributed by atoms with Crippen molar-refractivity contribution in [3.8, 4) is 0 Å². The average Bonchev–Trinajstić information content (AvgIpc) is 2.89. The zero-order chi connectivity index (χ0) is 10.5. The monoisotopic (exact) mass is 251 g/mol. The third-order valence-corrected chi connectivity index (χ3v) is 4.03. The van der Waals surface area contributed by atoms with Crippen LogP contribution >= 0.6 is 34.9 Å². The summed E-state index contributed by atoms with van der Waals surface area (Å²) in [6.07, 6.45) is 0.918. The molecule has 1 atom stereocenters. The molecule has 1 unspecified atom stereocenters. The Kier molecular flexibility index (Phi) is 3.80. The molecule has 0 fully saturated rings. The van der Waals surface area contributed by atoms with Gasteiger partial charge in [0.05, 0.1) is 11.2 Å². The minimum Gasteiger partial charge on any atom is -0.223 e. The van der Waals surface area contributed by atoms with Gasteiger partial charge in [-0.15, -0.1) is 22.7 Å². The van der Waals surface area contributed by atoms with Crippen LogP contribution in [0.15, 0.2) is 40.0 Å². The van der Waals surface area contributed by atoms with E-state index in [1.807, 2.05) is 6.07 Å². The van der Waals surface area contributed by atoms with E-state index in [1.54, 1.807) is 22.7 Å². The van der Waals surface area contributed by atoms with Gasteiger partial charge in [0.15, 0.2) is 0 Å². The molecule has 4 heteroatoms. The van der Waals surface area contributed by atoms with Crippen molar-refractivity contribution < 1.29 is 0 Å². The number of aliphatic imine (C=N–C) groups is 1. The van der Waals surface area contributed by atoms with Crippen molar-refractivity contribution in [1.29, 1.82) is 0 Å². The van der Waals surface area contributed by atoms with Crippen LogP contribution in [0.3, 0.4) is 0 Å². The fourth-order valence-corrected chi connectivity index (χ4v) is 3.01. The molecule has 0 aliphatic carbocycles. The Morgan fingerprint density at radius 2 is 2.07 bits per heavy atom. The van der Waals surface area contributed by atoms with E-state index >= 15 is 0 Å². The van der Waals surface area contributed by atoms with Gasteiger partial charge in [-0.25, -0.2) is 4.99 Å². The van der Waals surface area contributed by atoms with Crippen LogP contribution in [0.25, 0.3) is 0 Å². The van der Waals surface area contributed by atoms with Gasteiger partial charge >= 0.3 is 0 Å². The lowest BCUT2D eigenvalue weighted by molar-refractivity contribution is 0.754. The van der Waals surface area contributed by atoms with Crippen molar-refractivity contribution in [3.63, 3.8) is 0 Å². The van der Waals surface area contributed by atoms with Crippen LogP contribution in [0.2, 0.25) is 0 Å². The standard InChI is InChI=1S/C11H9NS3/c13-8-12-10(11-4-2-6-15-11)7-9-3-1-5-14-9/h1-6,10H,7H2. The number of rotatable bonds is 4. The zero-order valence-corrected chi connectivity index (χ0v) is 10.4. The van der Waals surface area contributed by atoms with E-state index in [-0.39, 0.29) is 6.04 Å². The fourth-order valence-electron chi connectivity index (χ4n) is 1.37. The maximum Gasteiger partial charge on any atom is 0.0991 e. The first-order valence-electron chi connectivity index (χ1n) is 4.53. The van der Waals surface area contributed by atoms with Crippen LogP contribution in [0.4, 0.5) is 0 Å². The molecule has 2 heterocycles. The van der Waals surface area contributed by atoms with Gasteiger partial charge in [0.1, 0.15) is 0 Å². The highest BCUT2D eigenvalue weighted by Crippen LogP contribution is 2.27. The molecule has 0 radical (unpaired) electrons. The van der Waals surface area contributed by atoms with Crippen LogP contribution in [0.5, 0.6) is 0 Å². The fraction of sp³-hybridized carbons (Fsp3) is 0.182. The Morgan fingerprint density at radius 3 is 2.67 bits per heavy atom. The number of hydrogen-bond donors (Lipinski definition) is 0. The van der Waals surface area contributed by atoms with Crippen molar-refractivity contribution in [1.82, 2.24) is 0 Å². The third-order valence-electron chi connectivity index (χ3n) is 2.05. The number of hydrogen-bond acceptors (Lipinski definition) is 4. The lowest BCUT2D eigenvalue weighted by atomic mass is 10.1. The predicted molar refractivity (Wildman–Crippen MR) is 70.1 cm³/mol. The highest BCUT2D eigenvalue weighted by molar-refractivity contribution is 7.78. The molecule has 0 saturated heterocycles. The van der Waals surface area contributed by atoms with Crippen molar-refractivity contribution in [3.05, 3.63) is 44.8 Å². The highest BCUT2D eigenvalue weighted by Gasteiger charge is 2.11. The van der Waals surface area contributed by atoms with Crippen molar-refractivity contribution in [2.75, 3.05) is 0 Å². The van der Waals surface area contributed by atoms with Gasteiger partial charge in [0.25, 0.3) is 0 Å². The minimum atomic E-state index is 0.140. The van der Waals surface area contributed by atoms with Gasteiger partial charge in [0.2, 0.25) is 0 Å². The quantitative estimate of drug-likeness (QED) is 0.586. The molecular formula is C11H9NS3. The Morgan fingerprint density at radius 1 is 1.27 bits per heavy atom. The Labute approximate surface area is 102 Å². The second kappa shape index (κ2) is 5.33. The van der Waals surface area contributed by atoms with Crippen LogP contribution in [-0.4, -0.2) is 5.16 Å². The SMILES string of the molecule is S=C=NC(Cc1cccs1)c1cccs1. The first kappa shape index (κ1) is 10.7. The molecule has 2 aromatic heterocycles. The molecule has 0 aliphatic heterocycles. The van der Waals surface area contributed by atoms with E-state index in [0.717, 1.165) is 6.42 Å². The molecular weight excluding hydrogens is 242 g/mol. The van der Waals surface area contributed by atoms with Gasteiger partial charge in [-0.2, -0.15) is 0 Å². The summed E-state index contributed by atoms with van der Waals surface area (Å²) < 4.78 is 0. The van der Waals surface area contributed by atoms with Gasteiger partial charge in [-0.05, 0) is 35.1 Å². The van der Waals surface area contributed by atoms with E-state index in [9.17, 15) is 0 Å². The van der Waals surface area contributed by atoms with E-state index in [4.69, 9.17) is 0 Å². The summed E-state index contributed by atoms with van der Waals surface area (Å²) >= 11 is 8.16. The number of thiocarbonyl (C=S) groups is 1. The molecule has 0 bridgehead atoms. The second-order valence-electron chi connectivity index (χ2n) is 3.04. The molecule has 76 valence electrons. The summed E-state index contributed by atoms with van der Waals surface area (Å²) in [4.78, 5) is 6.81. The molecule has 0 saturated carbocycles. The molecule has 2 rings (SSSR count). The number of isothiocyanates is 1. The van der Waals surface area contributed by atoms with Crippen molar-refractivity contribution in [2.24, 2.45) is 4.99 Å². The molecule has 0 N–H and O–H groups in total. The topological polar surface area (TPSA) is 12.4 Å². The number of nitrogens with zero attached hydrogens (tertiary/aromatic N) is 1. The molecule has 0 aliphatic rings. The first-order chi connectivity index (χ1) is 7.40. The van der Waals surface area contributed by atoms with Gasteiger partial charge in [0, 0.05) is 16.2 Å². The van der Waals surface area contributed by atoms with Gasteiger partial charge in [-0.1, -0.05) is 12.1 Å². The molecule has 0 spiro atoms. The Hall–Kier alpha value is -0.800. The smallest absolute Gasteiger partial charge is 0.0991 e. The molecule has 0 aromatic carbocycles.